The Morgan fingerprint density at radius 2 is 1.54 bits per heavy atom. The number of amides is 4. The molecule has 0 atom stereocenters. The largest absolute Gasteiger partial charge is 0.354 e. The molecular formula is C21H26N4O3. The zero-order chi connectivity index (χ0) is 20.5. The van der Waals surface area contributed by atoms with E-state index in [0.29, 0.717) is 30.8 Å². The lowest BCUT2D eigenvalue weighted by atomic mass is 10.1. The van der Waals surface area contributed by atoms with Crippen LogP contribution in [0.4, 0.5) is 16.2 Å². The standard InChI is InChI=1S/C21H26N4O3/c1-4-19(26)22-11-12-23-20(27)16-6-8-17(9-7-16)24-21(28)25-18-10-5-14(2)13-15(18)3/h5-10,13H,4,11-12H2,1-3H3,(H,22,26)(H,23,27)(H2,24,25,28). The Bertz CT molecular complexity index is 847. The van der Waals surface area contributed by atoms with Crippen molar-refractivity contribution in [3.63, 3.8) is 0 Å². The third kappa shape index (κ3) is 6.42. The van der Waals surface area contributed by atoms with Crippen LogP contribution in [0, 0.1) is 13.8 Å². The molecule has 0 aliphatic rings. The Morgan fingerprint density at radius 3 is 2.18 bits per heavy atom. The molecule has 0 aliphatic heterocycles. The average Bonchev–Trinajstić information content (AvgIpc) is 2.67. The van der Waals surface area contributed by atoms with Crippen molar-refractivity contribution in [3.8, 4) is 0 Å². The van der Waals surface area contributed by atoms with Gasteiger partial charge in [0.25, 0.3) is 5.91 Å². The van der Waals surface area contributed by atoms with Crippen LogP contribution in [0.5, 0.6) is 0 Å². The Hall–Kier alpha value is -3.35. The van der Waals surface area contributed by atoms with Crippen LogP contribution < -0.4 is 21.3 Å². The first-order chi connectivity index (χ1) is 13.4. The van der Waals surface area contributed by atoms with Crippen LogP contribution in [-0.4, -0.2) is 30.9 Å². The Kier molecular flexibility index (Phi) is 7.56. The van der Waals surface area contributed by atoms with Gasteiger partial charge in [-0.15, -0.1) is 0 Å². The lowest BCUT2D eigenvalue weighted by Gasteiger charge is -2.11. The number of benzene rings is 2. The minimum Gasteiger partial charge on any atom is -0.354 e. The number of carbonyl (C=O) groups excluding carboxylic acids is 3. The van der Waals surface area contributed by atoms with E-state index in [-0.39, 0.29) is 17.8 Å². The average molecular weight is 382 g/mol. The van der Waals surface area contributed by atoms with Crippen molar-refractivity contribution in [1.82, 2.24) is 10.6 Å². The number of urea groups is 1. The van der Waals surface area contributed by atoms with Crippen molar-refractivity contribution in [2.24, 2.45) is 0 Å². The molecule has 0 spiro atoms. The minimum absolute atomic E-state index is 0.0521. The van der Waals surface area contributed by atoms with Crippen LogP contribution in [-0.2, 0) is 4.79 Å². The summed E-state index contributed by atoms with van der Waals surface area (Å²) in [4.78, 5) is 35.4. The molecule has 2 aromatic carbocycles. The van der Waals surface area contributed by atoms with Gasteiger partial charge in [-0.1, -0.05) is 24.6 Å². The van der Waals surface area contributed by atoms with Gasteiger partial charge in [-0.3, -0.25) is 9.59 Å². The summed E-state index contributed by atoms with van der Waals surface area (Å²) in [5.41, 5.74) is 3.91. The summed E-state index contributed by atoms with van der Waals surface area (Å²) < 4.78 is 0. The van der Waals surface area contributed by atoms with Gasteiger partial charge in [-0.2, -0.15) is 0 Å². The number of carbonyl (C=O) groups is 3. The molecule has 0 bridgehead atoms. The van der Waals surface area contributed by atoms with E-state index in [1.807, 2.05) is 32.0 Å². The van der Waals surface area contributed by atoms with Crippen LogP contribution >= 0.6 is 0 Å². The summed E-state index contributed by atoms with van der Waals surface area (Å²) in [6.07, 6.45) is 0.416. The first-order valence-corrected chi connectivity index (χ1v) is 9.19. The lowest BCUT2D eigenvalue weighted by Crippen LogP contribution is -2.34. The van der Waals surface area contributed by atoms with Crippen molar-refractivity contribution in [2.45, 2.75) is 27.2 Å². The van der Waals surface area contributed by atoms with E-state index in [4.69, 9.17) is 0 Å². The van der Waals surface area contributed by atoms with Gasteiger partial charge in [0.2, 0.25) is 5.91 Å². The first-order valence-electron chi connectivity index (χ1n) is 9.19. The molecule has 7 nitrogen and oxygen atoms in total. The maximum absolute atomic E-state index is 12.2. The summed E-state index contributed by atoms with van der Waals surface area (Å²) in [6.45, 7) is 6.44. The molecule has 7 heteroatoms. The third-order valence-corrected chi connectivity index (χ3v) is 4.09. The third-order valence-electron chi connectivity index (χ3n) is 4.09. The molecule has 0 unspecified atom stereocenters. The van der Waals surface area contributed by atoms with Gasteiger partial charge in [0, 0.05) is 36.4 Å². The molecule has 0 fully saturated rings. The molecule has 4 amide bonds. The number of aryl methyl sites for hydroxylation is 2. The Labute approximate surface area is 164 Å². The number of nitrogens with one attached hydrogen (secondary N) is 4. The quantitative estimate of drug-likeness (QED) is 0.553. The molecule has 4 N–H and O–H groups in total. The van der Waals surface area contributed by atoms with E-state index >= 15 is 0 Å². The molecule has 0 saturated carbocycles. The summed E-state index contributed by atoms with van der Waals surface area (Å²) in [7, 11) is 0. The maximum atomic E-state index is 12.2. The zero-order valence-electron chi connectivity index (χ0n) is 16.4. The first kappa shape index (κ1) is 21.0. The highest BCUT2D eigenvalue weighted by atomic mass is 16.2. The molecule has 0 radical (unpaired) electrons. The summed E-state index contributed by atoms with van der Waals surface area (Å²) in [5, 5.41) is 11.0. The van der Waals surface area contributed by atoms with Crippen LogP contribution in [0.2, 0.25) is 0 Å². The van der Waals surface area contributed by atoms with Gasteiger partial charge in [0.05, 0.1) is 0 Å². The second kappa shape index (κ2) is 10.1. The van der Waals surface area contributed by atoms with Crippen LogP contribution in [0.1, 0.15) is 34.8 Å². The van der Waals surface area contributed by atoms with E-state index < -0.39 is 0 Å². The smallest absolute Gasteiger partial charge is 0.323 e. The Balaban J connectivity index is 1.83. The SMILES string of the molecule is CCC(=O)NCCNC(=O)c1ccc(NC(=O)Nc2ccc(C)cc2C)cc1. The Morgan fingerprint density at radius 1 is 0.857 bits per heavy atom. The van der Waals surface area contributed by atoms with Crippen LogP contribution in [0.3, 0.4) is 0 Å². The van der Waals surface area contributed by atoms with Crippen LogP contribution in [0.15, 0.2) is 42.5 Å². The molecule has 2 rings (SSSR count). The number of anilines is 2. The molecule has 148 valence electrons. The van der Waals surface area contributed by atoms with Gasteiger partial charge in [-0.05, 0) is 49.7 Å². The molecular weight excluding hydrogens is 356 g/mol. The predicted molar refractivity (Wildman–Crippen MR) is 111 cm³/mol. The van der Waals surface area contributed by atoms with Gasteiger partial charge in [-0.25, -0.2) is 4.79 Å². The summed E-state index contributed by atoms with van der Waals surface area (Å²) in [5.74, 6) is -0.291. The van der Waals surface area contributed by atoms with E-state index in [0.717, 1.165) is 16.8 Å². The minimum atomic E-state index is -0.351. The fourth-order valence-corrected chi connectivity index (χ4v) is 2.55. The topological polar surface area (TPSA) is 99.3 Å². The van der Waals surface area contributed by atoms with E-state index in [9.17, 15) is 14.4 Å². The van der Waals surface area contributed by atoms with Gasteiger partial charge in [0.1, 0.15) is 0 Å². The lowest BCUT2D eigenvalue weighted by molar-refractivity contribution is -0.120. The molecule has 0 saturated heterocycles. The molecule has 0 heterocycles. The predicted octanol–water partition coefficient (Wildman–Crippen LogP) is 3.20. The molecule has 0 aliphatic carbocycles. The van der Waals surface area contributed by atoms with Gasteiger partial charge < -0.3 is 21.3 Å². The van der Waals surface area contributed by atoms with Gasteiger partial charge in [0.15, 0.2) is 0 Å². The highest BCUT2D eigenvalue weighted by Gasteiger charge is 2.08. The van der Waals surface area contributed by atoms with Crippen molar-refractivity contribution >= 4 is 29.2 Å². The fraction of sp³-hybridized carbons (Fsp3) is 0.286. The monoisotopic (exact) mass is 382 g/mol. The normalized spacial score (nSPS) is 10.1. The van der Waals surface area contributed by atoms with Crippen molar-refractivity contribution < 1.29 is 14.4 Å². The van der Waals surface area contributed by atoms with Crippen LogP contribution in [0.25, 0.3) is 0 Å². The fourth-order valence-electron chi connectivity index (χ4n) is 2.55. The highest BCUT2D eigenvalue weighted by molar-refractivity contribution is 6.01. The number of hydrogen-bond donors (Lipinski definition) is 4. The molecule has 28 heavy (non-hydrogen) atoms. The van der Waals surface area contributed by atoms with E-state index in [1.165, 1.54) is 0 Å². The molecule has 2 aromatic rings. The highest BCUT2D eigenvalue weighted by Crippen LogP contribution is 2.17. The van der Waals surface area contributed by atoms with Crippen molar-refractivity contribution in [3.05, 3.63) is 59.2 Å². The second-order valence-corrected chi connectivity index (χ2v) is 6.43. The number of rotatable bonds is 7. The van der Waals surface area contributed by atoms with Crippen molar-refractivity contribution in [1.29, 1.82) is 0 Å². The number of hydrogen-bond acceptors (Lipinski definition) is 3. The van der Waals surface area contributed by atoms with Crippen molar-refractivity contribution in [2.75, 3.05) is 23.7 Å². The van der Waals surface area contributed by atoms with E-state index in [2.05, 4.69) is 21.3 Å². The summed E-state index contributed by atoms with van der Waals surface area (Å²) >= 11 is 0. The van der Waals surface area contributed by atoms with E-state index in [1.54, 1.807) is 31.2 Å². The molecule has 0 aromatic heterocycles. The van der Waals surface area contributed by atoms with Gasteiger partial charge >= 0.3 is 6.03 Å². The zero-order valence-corrected chi connectivity index (χ0v) is 16.4. The summed E-state index contributed by atoms with van der Waals surface area (Å²) in [6, 6.07) is 12.0. The maximum Gasteiger partial charge on any atom is 0.323 e. The second-order valence-electron chi connectivity index (χ2n) is 6.43.